The van der Waals surface area contributed by atoms with Gasteiger partial charge in [0.1, 0.15) is 0 Å². The summed E-state index contributed by atoms with van der Waals surface area (Å²) in [4.78, 5) is 28.6. The number of fused-ring (bicyclic) bond motifs is 4. The molecule has 0 fully saturated rings. The van der Waals surface area contributed by atoms with Crippen molar-refractivity contribution < 1.29 is 0 Å². The van der Waals surface area contributed by atoms with Gasteiger partial charge in [0, 0.05) is 36.3 Å². The molecule has 1 aliphatic rings. The number of nitrogens with zero attached hydrogens (tertiary/aromatic N) is 5. The van der Waals surface area contributed by atoms with Crippen molar-refractivity contribution in [1.29, 1.82) is 0 Å². The lowest BCUT2D eigenvalue weighted by atomic mass is 9.67. The van der Waals surface area contributed by atoms with Crippen LogP contribution in [0.2, 0.25) is 0 Å². The number of hydrogen-bond acceptors (Lipinski definition) is 4. The molecular weight excluding hydrogens is 675 g/mol. The van der Waals surface area contributed by atoms with Crippen LogP contribution in [-0.2, 0) is 19.5 Å². The highest BCUT2D eigenvalue weighted by Gasteiger charge is 2.47. The highest BCUT2D eigenvalue weighted by molar-refractivity contribution is 5.98. The summed E-state index contributed by atoms with van der Waals surface area (Å²) in [7, 11) is 3.68. The smallest absolute Gasteiger partial charge is 0.295 e. The van der Waals surface area contributed by atoms with E-state index in [4.69, 9.17) is 15.0 Å². The summed E-state index contributed by atoms with van der Waals surface area (Å²) in [5.41, 5.74) is 12.7. The lowest BCUT2D eigenvalue weighted by molar-refractivity contribution is 0.769. The molecule has 10 rings (SSSR count). The topological polar surface area (TPSA) is 65.6 Å². The van der Waals surface area contributed by atoms with Crippen LogP contribution in [0.15, 0.2) is 181 Å². The zero-order valence-electron chi connectivity index (χ0n) is 30.4. The summed E-state index contributed by atoms with van der Waals surface area (Å²) in [6.45, 7) is 0. The van der Waals surface area contributed by atoms with Crippen molar-refractivity contribution in [2.24, 2.45) is 14.1 Å². The van der Waals surface area contributed by atoms with Crippen LogP contribution in [0.5, 0.6) is 0 Å². The van der Waals surface area contributed by atoms with E-state index in [0.717, 1.165) is 72.2 Å². The summed E-state index contributed by atoms with van der Waals surface area (Å²) >= 11 is 0. The molecule has 0 unspecified atom stereocenters. The van der Waals surface area contributed by atoms with Gasteiger partial charge in [-0.1, -0.05) is 164 Å². The second kappa shape index (κ2) is 12.7. The first kappa shape index (κ1) is 32.5. The first-order chi connectivity index (χ1) is 27.0. The molecule has 262 valence electrons. The SMILES string of the molecule is Cn1c(=O)n(C)c2c(-c3ccc4c(c3)C(c3ccccc3)(c3ccccc3)c3cccc(-c5nc(-c6ccccc6)nc(-c6ccccc6)n5)c3-4)cccc21. The van der Waals surface area contributed by atoms with Crippen molar-refractivity contribution in [3.63, 3.8) is 0 Å². The zero-order chi connectivity index (χ0) is 37.1. The number of aryl methyl sites for hydroxylation is 2. The van der Waals surface area contributed by atoms with E-state index in [0.29, 0.717) is 17.5 Å². The van der Waals surface area contributed by atoms with Crippen molar-refractivity contribution in [2.45, 2.75) is 5.41 Å². The Morgan fingerprint density at radius 2 is 0.964 bits per heavy atom. The molecule has 2 heterocycles. The van der Waals surface area contributed by atoms with E-state index in [1.54, 1.807) is 9.13 Å². The molecule has 6 heteroatoms. The van der Waals surface area contributed by atoms with Gasteiger partial charge < -0.3 is 0 Å². The highest BCUT2D eigenvalue weighted by Crippen LogP contribution is 2.58. The summed E-state index contributed by atoms with van der Waals surface area (Å²) < 4.78 is 3.47. The van der Waals surface area contributed by atoms with Crippen molar-refractivity contribution in [3.8, 4) is 56.4 Å². The third-order valence-corrected chi connectivity index (χ3v) is 11.1. The maximum Gasteiger partial charge on any atom is 0.328 e. The Morgan fingerprint density at radius 1 is 0.436 bits per heavy atom. The van der Waals surface area contributed by atoms with Gasteiger partial charge in [0.05, 0.1) is 16.4 Å². The molecule has 7 aromatic carbocycles. The van der Waals surface area contributed by atoms with Gasteiger partial charge in [-0.05, 0) is 51.1 Å². The Morgan fingerprint density at radius 3 is 1.56 bits per heavy atom. The van der Waals surface area contributed by atoms with Crippen LogP contribution in [0.4, 0.5) is 0 Å². The lowest BCUT2D eigenvalue weighted by Crippen LogP contribution is -2.28. The highest BCUT2D eigenvalue weighted by atomic mass is 16.1. The molecule has 1 aliphatic carbocycles. The molecule has 0 saturated heterocycles. The number of aromatic nitrogens is 5. The van der Waals surface area contributed by atoms with Crippen molar-refractivity contribution in [1.82, 2.24) is 24.1 Å². The number of rotatable bonds is 6. The average molecular weight is 710 g/mol. The second-order valence-electron chi connectivity index (χ2n) is 14.1. The van der Waals surface area contributed by atoms with E-state index in [1.165, 1.54) is 0 Å². The fourth-order valence-electron chi connectivity index (χ4n) is 8.63. The molecule has 0 amide bonds. The van der Waals surface area contributed by atoms with Crippen molar-refractivity contribution in [3.05, 3.63) is 209 Å². The van der Waals surface area contributed by atoms with Crippen LogP contribution in [-0.4, -0.2) is 24.1 Å². The van der Waals surface area contributed by atoms with Crippen LogP contribution >= 0.6 is 0 Å². The number of para-hydroxylation sites is 1. The van der Waals surface area contributed by atoms with E-state index in [9.17, 15) is 4.79 Å². The summed E-state index contributed by atoms with van der Waals surface area (Å²) in [6, 6.07) is 61.2. The van der Waals surface area contributed by atoms with Crippen LogP contribution in [0.1, 0.15) is 22.3 Å². The average Bonchev–Trinajstić information content (AvgIpc) is 3.68. The lowest BCUT2D eigenvalue weighted by Gasteiger charge is -2.34. The summed E-state index contributed by atoms with van der Waals surface area (Å²) in [5.74, 6) is 1.85. The largest absolute Gasteiger partial charge is 0.328 e. The fourth-order valence-corrected chi connectivity index (χ4v) is 8.63. The Hall–Kier alpha value is -7.18. The minimum absolute atomic E-state index is 0.0503. The molecule has 0 spiro atoms. The van der Waals surface area contributed by atoms with Gasteiger partial charge in [-0.25, -0.2) is 19.7 Å². The van der Waals surface area contributed by atoms with Gasteiger partial charge >= 0.3 is 5.69 Å². The molecule has 55 heavy (non-hydrogen) atoms. The van der Waals surface area contributed by atoms with Gasteiger partial charge in [-0.3, -0.25) is 9.13 Å². The molecule has 0 radical (unpaired) electrons. The Bertz CT molecular complexity index is 2860. The molecule has 6 nitrogen and oxygen atoms in total. The van der Waals surface area contributed by atoms with Gasteiger partial charge in [0.2, 0.25) is 0 Å². The quantitative estimate of drug-likeness (QED) is 0.172. The summed E-state index contributed by atoms with van der Waals surface area (Å²) in [5, 5.41) is 0. The van der Waals surface area contributed by atoms with Gasteiger partial charge in [-0.2, -0.15) is 0 Å². The van der Waals surface area contributed by atoms with Crippen LogP contribution < -0.4 is 5.69 Å². The molecule has 0 N–H and O–H groups in total. The third kappa shape index (κ3) is 4.95. The van der Waals surface area contributed by atoms with Crippen LogP contribution in [0, 0.1) is 0 Å². The molecule has 2 aromatic heterocycles. The Kier molecular flexibility index (Phi) is 7.52. The van der Waals surface area contributed by atoms with Crippen molar-refractivity contribution >= 4 is 11.0 Å². The van der Waals surface area contributed by atoms with Gasteiger partial charge in [-0.15, -0.1) is 0 Å². The minimum Gasteiger partial charge on any atom is -0.295 e. The Labute approximate surface area is 318 Å². The maximum absolute atomic E-state index is 13.2. The second-order valence-corrected chi connectivity index (χ2v) is 14.1. The van der Waals surface area contributed by atoms with E-state index in [1.807, 2.05) is 86.9 Å². The Balaban J connectivity index is 1.30. The molecule has 0 saturated carbocycles. The van der Waals surface area contributed by atoms with E-state index >= 15 is 0 Å². The molecule has 0 atom stereocenters. The predicted molar refractivity (Wildman–Crippen MR) is 221 cm³/mol. The van der Waals surface area contributed by atoms with E-state index in [2.05, 4.69) is 103 Å². The number of hydrogen-bond donors (Lipinski definition) is 0. The normalized spacial score (nSPS) is 12.8. The van der Waals surface area contributed by atoms with E-state index < -0.39 is 5.41 Å². The first-order valence-corrected chi connectivity index (χ1v) is 18.5. The fraction of sp³-hybridized carbons (Fsp3) is 0.0612. The number of benzene rings is 7. The number of imidazole rings is 1. The van der Waals surface area contributed by atoms with Crippen LogP contribution in [0.3, 0.4) is 0 Å². The van der Waals surface area contributed by atoms with Crippen LogP contribution in [0.25, 0.3) is 67.5 Å². The van der Waals surface area contributed by atoms with Gasteiger partial charge in [0.15, 0.2) is 17.5 Å². The molecular formula is C49H35N5O. The molecule has 0 bridgehead atoms. The minimum atomic E-state index is -0.673. The summed E-state index contributed by atoms with van der Waals surface area (Å²) in [6.07, 6.45) is 0. The monoisotopic (exact) mass is 709 g/mol. The molecule has 9 aromatic rings. The maximum atomic E-state index is 13.2. The van der Waals surface area contributed by atoms with E-state index in [-0.39, 0.29) is 5.69 Å². The first-order valence-electron chi connectivity index (χ1n) is 18.5. The van der Waals surface area contributed by atoms with Crippen molar-refractivity contribution in [2.75, 3.05) is 0 Å². The third-order valence-electron chi connectivity index (χ3n) is 11.1. The zero-order valence-corrected chi connectivity index (χ0v) is 30.4. The van der Waals surface area contributed by atoms with Gasteiger partial charge in [0.25, 0.3) is 0 Å². The molecule has 0 aliphatic heterocycles. The predicted octanol–water partition coefficient (Wildman–Crippen LogP) is 10.1. The standard InChI is InChI=1S/C49H35N5O/c1-53-42-28-16-25-37(44(42)54(2)48(53)55)34-29-30-38-41(31-34)49(35-21-11-5-12-22-35,36-23-13-6-14-24-36)40-27-15-26-39(43(38)40)47-51-45(32-17-7-3-8-18-32)50-46(52-47)33-19-9-4-10-20-33/h3-31H,1-2H3.